The molecule has 0 aromatic carbocycles. The molecule has 0 aromatic heterocycles. The number of allylic oxidation sites excluding steroid dienone is 1. The summed E-state index contributed by atoms with van der Waals surface area (Å²) in [6.07, 6.45) is 0.442. The van der Waals surface area contributed by atoms with E-state index in [0.717, 1.165) is 4.91 Å². The van der Waals surface area contributed by atoms with Crippen LogP contribution in [0.3, 0.4) is 0 Å². The number of carbonyl (C=O) groups is 2. The molecule has 1 amide bonds. The van der Waals surface area contributed by atoms with Gasteiger partial charge in [-0.15, -0.1) is 11.8 Å². The maximum atomic E-state index is 11.2. The molecule has 2 heterocycles. The minimum Gasteiger partial charge on any atom is -0.543 e. The monoisotopic (exact) mass is 235 g/mol. The van der Waals surface area contributed by atoms with E-state index in [0.29, 0.717) is 6.42 Å². The third kappa shape index (κ3) is 1.98. The first-order chi connectivity index (χ1) is 6.52. The summed E-state index contributed by atoms with van der Waals surface area (Å²) < 4.78 is 0. The Bertz CT molecular complexity index is 353. The molecule has 0 aliphatic carbocycles. The second-order valence-corrected chi connectivity index (χ2v) is 4.92. The van der Waals surface area contributed by atoms with Gasteiger partial charge in [0.2, 0.25) is 5.91 Å². The molecule has 0 bridgehead atoms. The number of hydrogen-bond donors (Lipinski definition) is 0. The van der Waals surface area contributed by atoms with E-state index >= 15 is 0 Å². The van der Waals surface area contributed by atoms with Crippen LogP contribution in [-0.2, 0) is 9.59 Å². The Balaban J connectivity index is 0.00000112. The quantitative estimate of drug-likeness (QED) is 0.376. The Labute approximate surface area is 114 Å². The molecule has 2 rings (SSSR count). The summed E-state index contributed by atoms with van der Waals surface area (Å²) in [5.41, 5.74) is 0.0891. The molecule has 0 saturated carbocycles. The van der Waals surface area contributed by atoms with Gasteiger partial charge in [-0.2, -0.15) is 0 Å². The number of rotatable bonds is 2. The Morgan fingerprint density at radius 3 is 2.60 bits per heavy atom. The number of thioether (sulfide) groups is 1. The zero-order valence-corrected chi connectivity index (χ0v) is 11.8. The number of fused-ring (bicyclic) bond motifs is 1. The van der Waals surface area contributed by atoms with E-state index in [9.17, 15) is 14.7 Å². The van der Waals surface area contributed by atoms with Gasteiger partial charge in [0.05, 0.1) is 23.5 Å². The van der Waals surface area contributed by atoms with Gasteiger partial charge in [0.25, 0.3) is 0 Å². The van der Waals surface area contributed by atoms with Crippen LogP contribution in [0.25, 0.3) is 0 Å². The van der Waals surface area contributed by atoms with Crippen LogP contribution in [0, 0.1) is 5.92 Å². The first-order valence-corrected chi connectivity index (χ1v) is 5.34. The molecule has 0 N–H and O–H groups in total. The second-order valence-electron chi connectivity index (χ2n) is 3.70. The van der Waals surface area contributed by atoms with Crippen LogP contribution in [0.15, 0.2) is 10.6 Å². The standard InChI is InChI=1S/C9H11NO3S.Na/c1-4(2)8-7(9(12)13)10-5(11)3-6(10)14-8;/h4,6H,3H2,1-2H3,(H,12,13);/q;+1/p-1. The van der Waals surface area contributed by atoms with E-state index in [1.165, 1.54) is 16.7 Å². The van der Waals surface area contributed by atoms with Crippen molar-refractivity contribution in [2.45, 2.75) is 25.6 Å². The summed E-state index contributed by atoms with van der Waals surface area (Å²) in [7, 11) is 0. The van der Waals surface area contributed by atoms with Gasteiger partial charge in [-0.05, 0) is 5.92 Å². The molecule has 0 spiro atoms. The Morgan fingerprint density at radius 1 is 1.60 bits per heavy atom. The van der Waals surface area contributed by atoms with Gasteiger partial charge in [-0.25, -0.2) is 0 Å². The molecule has 0 radical (unpaired) electrons. The van der Waals surface area contributed by atoms with Crippen molar-refractivity contribution in [2.75, 3.05) is 0 Å². The van der Waals surface area contributed by atoms with Gasteiger partial charge in [0.1, 0.15) is 0 Å². The van der Waals surface area contributed by atoms with Crippen LogP contribution in [0.4, 0.5) is 0 Å². The average Bonchev–Trinajstić information content (AvgIpc) is 2.37. The number of amides is 1. The summed E-state index contributed by atoms with van der Waals surface area (Å²) in [5.74, 6) is -1.22. The molecular formula is C9H10NNaO3S. The third-order valence-electron chi connectivity index (χ3n) is 2.36. The van der Waals surface area contributed by atoms with Gasteiger partial charge in [-0.1, -0.05) is 13.8 Å². The normalized spacial score (nSPS) is 23.8. The molecule has 1 saturated heterocycles. The third-order valence-corrected chi connectivity index (χ3v) is 3.93. The number of nitrogens with zero attached hydrogens (tertiary/aromatic N) is 1. The van der Waals surface area contributed by atoms with Crippen LogP contribution in [0.5, 0.6) is 0 Å². The van der Waals surface area contributed by atoms with E-state index in [2.05, 4.69) is 0 Å². The molecule has 15 heavy (non-hydrogen) atoms. The van der Waals surface area contributed by atoms with Crippen molar-refractivity contribution in [1.29, 1.82) is 0 Å². The second kappa shape index (κ2) is 4.49. The van der Waals surface area contributed by atoms with Crippen LogP contribution in [0.1, 0.15) is 20.3 Å². The topological polar surface area (TPSA) is 60.4 Å². The van der Waals surface area contributed by atoms with E-state index < -0.39 is 5.97 Å². The number of hydrogen-bond acceptors (Lipinski definition) is 4. The molecule has 1 unspecified atom stereocenters. The number of β-lactam (4-membered cyclic amide) rings is 1. The predicted molar refractivity (Wildman–Crippen MR) is 49.7 cm³/mol. The van der Waals surface area contributed by atoms with Crippen molar-refractivity contribution < 1.29 is 44.3 Å². The van der Waals surface area contributed by atoms with Crippen LogP contribution in [0.2, 0.25) is 0 Å². The van der Waals surface area contributed by atoms with Crippen LogP contribution >= 0.6 is 11.8 Å². The van der Waals surface area contributed by atoms with Crippen molar-refractivity contribution in [2.24, 2.45) is 5.92 Å². The van der Waals surface area contributed by atoms with Crippen LogP contribution < -0.4 is 34.7 Å². The molecule has 1 fully saturated rings. The van der Waals surface area contributed by atoms with Crippen molar-refractivity contribution in [1.82, 2.24) is 4.90 Å². The van der Waals surface area contributed by atoms with Crippen molar-refractivity contribution >= 4 is 23.6 Å². The summed E-state index contributed by atoms with van der Waals surface area (Å²) in [6.45, 7) is 3.84. The van der Waals surface area contributed by atoms with E-state index in [1.54, 1.807) is 0 Å². The molecule has 6 heteroatoms. The minimum absolute atomic E-state index is 0. The molecular weight excluding hydrogens is 225 g/mol. The maximum Gasteiger partial charge on any atom is 1.00 e. The number of aliphatic carboxylic acids is 1. The zero-order chi connectivity index (χ0) is 10.5. The number of carboxylic acid groups (broad SMARTS) is 1. The fraction of sp³-hybridized carbons (Fsp3) is 0.556. The number of carbonyl (C=O) groups excluding carboxylic acids is 2. The van der Waals surface area contributed by atoms with Gasteiger partial charge in [-0.3, -0.25) is 9.69 Å². The first kappa shape index (κ1) is 13.1. The maximum absolute atomic E-state index is 11.2. The van der Waals surface area contributed by atoms with Gasteiger partial charge in [0.15, 0.2) is 0 Å². The fourth-order valence-electron chi connectivity index (χ4n) is 1.68. The molecule has 2 aliphatic heterocycles. The summed E-state index contributed by atoms with van der Waals surface area (Å²) >= 11 is 1.47. The van der Waals surface area contributed by atoms with E-state index in [4.69, 9.17) is 0 Å². The largest absolute Gasteiger partial charge is 1.00 e. The number of carboxylic acids is 1. The first-order valence-electron chi connectivity index (χ1n) is 4.46. The summed E-state index contributed by atoms with van der Waals surface area (Å²) in [4.78, 5) is 24.2. The smallest absolute Gasteiger partial charge is 0.543 e. The average molecular weight is 235 g/mol. The van der Waals surface area contributed by atoms with E-state index in [-0.39, 0.29) is 52.5 Å². The van der Waals surface area contributed by atoms with E-state index in [1.807, 2.05) is 13.8 Å². The van der Waals surface area contributed by atoms with Crippen molar-refractivity contribution in [3.63, 3.8) is 0 Å². The Morgan fingerprint density at radius 2 is 2.20 bits per heavy atom. The Kier molecular flexibility index (Phi) is 3.92. The van der Waals surface area contributed by atoms with Gasteiger partial charge >= 0.3 is 29.6 Å². The minimum atomic E-state index is -1.24. The van der Waals surface area contributed by atoms with Gasteiger partial charge in [0, 0.05) is 4.91 Å². The van der Waals surface area contributed by atoms with Crippen molar-refractivity contribution in [3.05, 3.63) is 10.6 Å². The molecule has 4 nitrogen and oxygen atoms in total. The Hall–Kier alpha value is 0.0300. The summed E-state index contributed by atoms with van der Waals surface area (Å²) in [6, 6.07) is 0. The predicted octanol–water partition coefficient (Wildman–Crippen LogP) is -3.09. The fourth-order valence-corrected chi connectivity index (χ4v) is 3.09. The van der Waals surface area contributed by atoms with Crippen molar-refractivity contribution in [3.8, 4) is 0 Å². The SMILES string of the molecule is CC(C)C1=C(C(=O)[O-])N2C(=O)CC2S1.[Na+]. The molecule has 2 aliphatic rings. The molecule has 76 valence electrons. The summed E-state index contributed by atoms with van der Waals surface area (Å²) in [5, 5.41) is 10.9. The van der Waals surface area contributed by atoms with Crippen LogP contribution in [-0.4, -0.2) is 22.2 Å². The molecule has 1 atom stereocenters. The zero-order valence-electron chi connectivity index (χ0n) is 8.94. The molecule has 0 aromatic rings. The van der Waals surface area contributed by atoms with Gasteiger partial charge < -0.3 is 9.90 Å².